The van der Waals surface area contributed by atoms with E-state index in [1.54, 1.807) is 19.9 Å². The summed E-state index contributed by atoms with van der Waals surface area (Å²) in [5.41, 5.74) is 6.67. The van der Waals surface area contributed by atoms with Gasteiger partial charge in [-0.05, 0) is 55.9 Å². The van der Waals surface area contributed by atoms with E-state index in [4.69, 9.17) is 5.73 Å². The molecule has 0 saturated carbocycles. The number of rotatable bonds is 9. The Bertz CT molecular complexity index is 1020. The second-order valence-electron chi connectivity index (χ2n) is 8.66. The monoisotopic (exact) mass is 454 g/mol. The number of phenols is 1. The number of carbonyl (C=O) groups is 3. The van der Waals surface area contributed by atoms with E-state index in [9.17, 15) is 29.9 Å². The number of aromatic hydroxyl groups is 1. The first-order chi connectivity index (χ1) is 15.4. The number of aliphatic carboxylic acids is 1. The summed E-state index contributed by atoms with van der Waals surface area (Å²) in [6, 6.07) is 5.36. The van der Waals surface area contributed by atoms with Gasteiger partial charge in [0.25, 0.3) is 5.91 Å². The van der Waals surface area contributed by atoms with Crippen LogP contribution >= 0.6 is 0 Å². The van der Waals surface area contributed by atoms with Crippen molar-refractivity contribution < 1.29 is 24.6 Å². The van der Waals surface area contributed by atoms with Crippen molar-refractivity contribution in [3.05, 3.63) is 47.1 Å². The van der Waals surface area contributed by atoms with E-state index in [1.165, 1.54) is 18.2 Å². The minimum absolute atomic E-state index is 0.0941. The molecule has 0 aromatic heterocycles. The summed E-state index contributed by atoms with van der Waals surface area (Å²) in [5, 5.41) is 33.6. The number of nitrogens with zero attached hydrogens (tertiary/aromatic N) is 1. The Morgan fingerprint density at radius 3 is 2.58 bits per heavy atom. The molecule has 1 unspecified atom stereocenters. The number of nitrogens with two attached hydrogens (primary N) is 1. The van der Waals surface area contributed by atoms with E-state index in [2.05, 4.69) is 16.7 Å². The molecule has 9 nitrogen and oxygen atoms in total. The first kappa shape index (κ1) is 25.5. The number of allylic oxidation sites excluding steroid dienone is 3. The molecular formula is C24H30N4O5. The normalized spacial score (nSPS) is 16.6. The Hall–Kier alpha value is -3.80. The summed E-state index contributed by atoms with van der Waals surface area (Å²) in [4.78, 5) is 36.3. The van der Waals surface area contributed by atoms with Crippen molar-refractivity contribution in [2.24, 2.45) is 11.3 Å². The van der Waals surface area contributed by atoms with Gasteiger partial charge in [-0.2, -0.15) is 5.26 Å². The van der Waals surface area contributed by atoms with Gasteiger partial charge in [0.05, 0.1) is 30.5 Å². The van der Waals surface area contributed by atoms with Crippen LogP contribution in [-0.4, -0.2) is 40.6 Å². The molecule has 0 radical (unpaired) electrons. The lowest BCUT2D eigenvalue weighted by Crippen LogP contribution is -2.44. The molecule has 1 aromatic carbocycles. The van der Waals surface area contributed by atoms with Gasteiger partial charge in [-0.1, -0.05) is 19.1 Å². The van der Waals surface area contributed by atoms with Crippen molar-refractivity contribution in [3.8, 4) is 11.8 Å². The molecule has 2 atom stereocenters. The number of nitriles is 1. The molecule has 0 aliphatic heterocycles. The summed E-state index contributed by atoms with van der Waals surface area (Å²) in [6.07, 6.45) is 4.88. The van der Waals surface area contributed by atoms with Crippen LogP contribution in [0, 0.1) is 22.7 Å². The van der Waals surface area contributed by atoms with Crippen LogP contribution in [0.1, 0.15) is 50.4 Å². The van der Waals surface area contributed by atoms with Gasteiger partial charge in [0, 0.05) is 17.3 Å². The third kappa shape index (κ3) is 7.10. The Morgan fingerprint density at radius 1 is 1.30 bits per heavy atom. The van der Waals surface area contributed by atoms with Crippen LogP contribution in [0.25, 0.3) is 0 Å². The van der Waals surface area contributed by atoms with Crippen molar-refractivity contribution in [2.45, 2.75) is 46.1 Å². The van der Waals surface area contributed by atoms with Gasteiger partial charge in [0.2, 0.25) is 5.91 Å². The molecule has 0 bridgehead atoms. The molecule has 2 rings (SSSR count). The van der Waals surface area contributed by atoms with E-state index >= 15 is 0 Å². The van der Waals surface area contributed by atoms with Crippen LogP contribution in [0.15, 0.2) is 41.5 Å². The van der Waals surface area contributed by atoms with Gasteiger partial charge in [-0.25, -0.2) is 0 Å². The maximum absolute atomic E-state index is 12.5. The summed E-state index contributed by atoms with van der Waals surface area (Å²) < 4.78 is 0. The topological polar surface area (TPSA) is 166 Å². The van der Waals surface area contributed by atoms with Crippen molar-refractivity contribution in [1.82, 2.24) is 10.6 Å². The van der Waals surface area contributed by atoms with Crippen LogP contribution in [0.3, 0.4) is 0 Å². The van der Waals surface area contributed by atoms with E-state index in [1.807, 2.05) is 13.0 Å². The minimum atomic E-state index is -1.08. The molecule has 1 aliphatic carbocycles. The SMILES string of the molecule is CCC1C=C(C(C)(C)C#N)C=C([C@H](CC(=O)O)NC(=O)CNC(=O)c2cc(N)cc(O)c2)C1. The number of nitrogen functional groups attached to an aromatic ring is 1. The largest absolute Gasteiger partial charge is 0.508 e. The van der Waals surface area contributed by atoms with Crippen LogP contribution < -0.4 is 16.4 Å². The van der Waals surface area contributed by atoms with Gasteiger partial charge in [-0.15, -0.1) is 0 Å². The number of nitrogens with one attached hydrogen (secondary N) is 2. The van der Waals surface area contributed by atoms with E-state index in [-0.39, 0.29) is 35.9 Å². The molecule has 2 amide bonds. The smallest absolute Gasteiger partial charge is 0.305 e. The van der Waals surface area contributed by atoms with E-state index in [0.717, 1.165) is 17.6 Å². The summed E-state index contributed by atoms with van der Waals surface area (Å²) >= 11 is 0. The Labute approximate surface area is 193 Å². The highest BCUT2D eigenvalue weighted by atomic mass is 16.4. The van der Waals surface area contributed by atoms with E-state index < -0.39 is 29.2 Å². The fourth-order valence-electron chi connectivity index (χ4n) is 3.60. The lowest BCUT2D eigenvalue weighted by molar-refractivity contribution is -0.137. The Kier molecular flexibility index (Phi) is 8.24. The zero-order chi connectivity index (χ0) is 24.8. The minimum Gasteiger partial charge on any atom is -0.508 e. The maximum Gasteiger partial charge on any atom is 0.305 e. The molecule has 0 spiro atoms. The maximum atomic E-state index is 12.5. The molecule has 6 N–H and O–H groups in total. The third-order valence-corrected chi connectivity index (χ3v) is 5.55. The molecule has 1 aliphatic rings. The third-order valence-electron chi connectivity index (χ3n) is 5.55. The standard InChI is InChI=1S/C24H30N4O5/c1-4-14-5-15(7-17(6-14)24(2,3)13-25)20(11-22(31)32)28-21(30)12-27-23(33)16-8-18(26)10-19(29)9-16/h6-10,14,20,29H,4-5,11-12,26H2,1-3H3,(H,27,33)(H,28,30)(H,31,32)/t14?,20-/m0/s1. The molecule has 0 heterocycles. The predicted octanol–water partition coefficient (Wildman–Crippen LogP) is 2.50. The van der Waals surface area contributed by atoms with Gasteiger partial charge in [-0.3, -0.25) is 14.4 Å². The van der Waals surface area contributed by atoms with E-state index in [0.29, 0.717) is 6.42 Å². The van der Waals surface area contributed by atoms with Crippen molar-refractivity contribution >= 4 is 23.5 Å². The van der Waals surface area contributed by atoms with Crippen LogP contribution in [0.5, 0.6) is 5.75 Å². The van der Waals surface area contributed by atoms with Crippen LogP contribution in [0.2, 0.25) is 0 Å². The first-order valence-corrected chi connectivity index (χ1v) is 10.7. The van der Waals surface area contributed by atoms with Crippen molar-refractivity contribution in [1.29, 1.82) is 5.26 Å². The molecule has 33 heavy (non-hydrogen) atoms. The highest BCUT2D eigenvalue weighted by molar-refractivity contribution is 5.97. The average molecular weight is 455 g/mol. The fraction of sp³-hybridized carbons (Fsp3) is 0.417. The second-order valence-corrected chi connectivity index (χ2v) is 8.66. The van der Waals surface area contributed by atoms with Crippen LogP contribution in [-0.2, 0) is 9.59 Å². The average Bonchev–Trinajstić information content (AvgIpc) is 2.75. The highest BCUT2D eigenvalue weighted by Gasteiger charge is 2.30. The zero-order valence-corrected chi connectivity index (χ0v) is 19.0. The number of hydrogen-bond acceptors (Lipinski definition) is 6. The molecule has 0 fully saturated rings. The van der Waals surface area contributed by atoms with Gasteiger partial charge in [0.15, 0.2) is 0 Å². The first-order valence-electron chi connectivity index (χ1n) is 10.7. The fourth-order valence-corrected chi connectivity index (χ4v) is 3.60. The number of amides is 2. The number of phenolic OH excluding ortho intramolecular Hbond substituents is 1. The second kappa shape index (κ2) is 10.7. The number of hydrogen-bond donors (Lipinski definition) is 5. The molecule has 1 aromatic rings. The number of carboxylic acids is 1. The summed E-state index contributed by atoms with van der Waals surface area (Å²) in [7, 11) is 0. The lowest BCUT2D eigenvalue weighted by Gasteiger charge is -2.30. The summed E-state index contributed by atoms with van der Waals surface area (Å²) in [5.74, 6) is -2.30. The highest BCUT2D eigenvalue weighted by Crippen LogP contribution is 2.36. The number of carboxylic acid groups (broad SMARTS) is 1. The molecule has 9 heteroatoms. The Morgan fingerprint density at radius 2 is 2.00 bits per heavy atom. The molecule has 0 saturated heterocycles. The van der Waals surface area contributed by atoms with Crippen molar-refractivity contribution in [2.75, 3.05) is 12.3 Å². The number of carbonyl (C=O) groups excluding carboxylic acids is 2. The quantitative estimate of drug-likeness (QED) is 0.357. The Balaban J connectivity index is 2.15. The van der Waals surface area contributed by atoms with Gasteiger partial charge >= 0.3 is 5.97 Å². The number of anilines is 1. The number of benzene rings is 1. The molecule has 176 valence electrons. The van der Waals surface area contributed by atoms with Gasteiger partial charge in [0.1, 0.15) is 5.75 Å². The predicted molar refractivity (Wildman–Crippen MR) is 123 cm³/mol. The van der Waals surface area contributed by atoms with Gasteiger partial charge < -0.3 is 26.6 Å². The zero-order valence-electron chi connectivity index (χ0n) is 19.0. The summed E-state index contributed by atoms with van der Waals surface area (Å²) in [6.45, 7) is 5.20. The van der Waals surface area contributed by atoms with Crippen molar-refractivity contribution in [3.63, 3.8) is 0 Å². The molecular weight excluding hydrogens is 424 g/mol. The van der Waals surface area contributed by atoms with Crippen LogP contribution in [0.4, 0.5) is 5.69 Å². The lowest BCUT2D eigenvalue weighted by atomic mass is 9.76.